The van der Waals surface area contributed by atoms with Crippen LogP contribution < -0.4 is 10.6 Å². The minimum absolute atomic E-state index is 0.207. The van der Waals surface area contributed by atoms with Crippen molar-refractivity contribution in [1.29, 1.82) is 0 Å². The second kappa shape index (κ2) is 11.3. The molecule has 3 aromatic carbocycles. The van der Waals surface area contributed by atoms with Crippen molar-refractivity contribution in [2.24, 2.45) is 0 Å². The van der Waals surface area contributed by atoms with Gasteiger partial charge in [0.1, 0.15) is 18.3 Å². The van der Waals surface area contributed by atoms with E-state index in [1.807, 2.05) is 55.5 Å². The number of aryl methyl sites for hydroxylation is 2. The number of hydrogen-bond acceptors (Lipinski definition) is 5. The van der Waals surface area contributed by atoms with Crippen LogP contribution in [0.25, 0.3) is 22.1 Å². The van der Waals surface area contributed by atoms with Gasteiger partial charge in [0.2, 0.25) is 0 Å². The fourth-order valence-corrected chi connectivity index (χ4v) is 4.43. The first-order chi connectivity index (χ1) is 18.8. The standard InChI is InChI=1S/C29H30N6O4/c1-17(30-28(36)37)26-32-22-12-10-19(14-24(22)34-26)8-9-20-11-13-23-25(15-20)35-27(33-23)18(2)31-29(38)39-16-21-6-4-3-5-7-21/h3-7,10-15,17-18,30H,8-9,16H2,1-2H3,(H,31,38)(H,32,34)(H,33,35)(H,36,37)/t17-,18-/m0/s1. The molecular weight excluding hydrogens is 496 g/mol. The zero-order valence-corrected chi connectivity index (χ0v) is 21.7. The first kappa shape index (κ1) is 25.8. The van der Waals surface area contributed by atoms with Crippen LogP contribution >= 0.6 is 0 Å². The minimum Gasteiger partial charge on any atom is -0.465 e. The molecule has 2 atom stereocenters. The fraction of sp³-hybridized carbons (Fsp3) is 0.241. The van der Waals surface area contributed by atoms with Crippen LogP contribution in [0.5, 0.6) is 0 Å². The number of amides is 2. The van der Waals surface area contributed by atoms with Gasteiger partial charge in [0, 0.05) is 0 Å². The van der Waals surface area contributed by atoms with E-state index in [4.69, 9.17) is 9.84 Å². The highest BCUT2D eigenvalue weighted by Gasteiger charge is 2.16. The summed E-state index contributed by atoms with van der Waals surface area (Å²) < 4.78 is 5.32. The van der Waals surface area contributed by atoms with Crippen molar-refractivity contribution >= 4 is 34.3 Å². The molecule has 0 saturated carbocycles. The van der Waals surface area contributed by atoms with Crippen molar-refractivity contribution in [3.05, 3.63) is 95.1 Å². The molecule has 0 bridgehead atoms. The molecule has 5 aromatic rings. The van der Waals surface area contributed by atoms with E-state index in [1.165, 1.54) is 0 Å². The Labute approximate surface area is 224 Å². The first-order valence-corrected chi connectivity index (χ1v) is 12.8. The van der Waals surface area contributed by atoms with E-state index in [-0.39, 0.29) is 12.6 Å². The van der Waals surface area contributed by atoms with Crippen molar-refractivity contribution in [3.63, 3.8) is 0 Å². The van der Waals surface area contributed by atoms with E-state index >= 15 is 0 Å². The highest BCUT2D eigenvalue weighted by molar-refractivity contribution is 5.77. The number of ether oxygens (including phenoxy) is 1. The van der Waals surface area contributed by atoms with Crippen LogP contribution in [0.1, 0.15) is 54.3 Å². The Kier molecular flexibility index (Phi) is 7.44. The number of H-pyrrole nitrogens is 2. The Morgan fingerprint density at radius 1 is 0.795 bits per heavy atom. The zero-order valence-electron chi connectivity index (χ0n) is 21.7. The molecule has 0 aliphatic heterocycles. The molecule has 0 unspecified atom stereocenters. The van der Waals surface area contributed by atoms with Gasteiger partial charge in [-0.05, 0) is 67.6 Å². The number of fused-ring (bicyclic) bond motifs is 2. The Morgan fingerprint density at radius 2 is 1.33 bits per heavy atom. The van der Waals surface area contributed by atoms with Crippen LogP contribution in [0.4, 0.5) is 9.59 Å². The fourth-order valence-electron chi connectivity index (χ4n) is 4.43. The number of carboxylic acid groups (broad SMARTS) is 1. The van der Waals surface area contributed by atoms with Gasteiger partial charge in [-0.1, -0.05) is 42.5 Å². The highest BCUT2D eigenvalue weighted by Crippen LogP contribution is 2.21. The second-order valence-electron chi connectivity index (χ2n) is 9.55. The normalized spacial score (nSPS) is 12.8. The average Bonchev–Trinajstić information content (AvgIpc) is 3.55. The molecule has 0 fully saturated rings. The lowest BCUT2D eigenvalue weighted by molar-refractivity contribution is 0.136. The minimum atomic E-state index is -1.09. The Bertz CT molecular complexity index is 1610. The maximum Gasteiger partial charge on any atom is 0.408 e. The monoisotopic (exact) mass is 526 g/mol. The van der Waals surface area contributed by atoms with E-state index < -0.39 is 18.2 Å². The molecule has 39 heavy (non-hydrogen) atoms. The number of imidazole rings is 2. The Balaban J connectivity index is 1.19. The maximum atomic E-state index is 12.2. The summed E-state index contributed by atoms with van der Waals surface area (Å²) in [4.78, 5) is 38.8. The first-order valence-electron chi connectivity index (χ1n) is 12.8. The number of aromatic nitrogens is 4. The molecule has 2 amide bonds. The SMILES string of the molecule is C[C@H](NC(=O)O)c1nc2ccc(CCc3ccc4nc([C@H](C)NC(=O)OCc5ccccc5)[nH]c4c3)cc2[nH]1. The van der Waals surface area contributed by atoms with E-state index in [1.54, 1.807) is 6.92 Å². The number of alkyl carbamates (subject to hydrolysis) is 1. The van der Waals surface area contributed by atoms with E-state index in [0.717, 1.165) is 51.6 Å². The van der Waals surface area contributed by atoms with Crippen molar-refractivity contribution < 1.29 is 19.4 Å². The third kappa shape index (κ3) is 6.35. The third-order valence-electron chi connectivity index (χ3n) is 6.54. The molecular formula is C29H30N6O4. The smallest absolute Gasteiger partial charge is 0.408 e. The molecule has 5 rings (SSSR count). The summed E-state index contributed by atoms with van der Waals surface area (Å²) in [6.07, 6.45) is 0.0664. The van der Waals surface area contributed by atoms with Crippen LogP contribution in [-0.2, 0) is 24.2 Å². The summed E-state index contributed by atoms with van der Waals surface area (Å²) in [6.45, 7) is 3.81. The summed E-state index contributed by atoms with van der Waals surface area (Å²) >= 11 is 0. The van der Waals surface area contributed by atoms with Crippen molar-refractivity contribution in [2.45, 2.75) is 45.4 Å². The molecule has 0 saturated heterocycles. The van der Waals surface area contributed by atoms with Gasteiger partial charge in [-0.15, -0.1) is 0 Å². The Morgan fingerprint density at radius 3 is 1.87 bits per heavy atom. The number of rotatable bonds is 9. The number of hydrogen-bond donors (Lipinski definition) is 5. The highest BCUT2D eigenvalue weighted by atomic mass is 16.5. The van der Waals surface area contributed by atoms with Crippen LogP contribution in [0.2, 0.25) is 0 Å². The summed E-state index contributed by atoms with van der Waals surface area (Å²) in [5.41, 5.74) is 6.63. The van der Waals surface area contributed by atoms with Gasteiger partial charge in [0.25, 0.3) is 0 Å². The maximum absolute atomic E-state index is 12.2. The predicted molar refractivity (Wildman–Crippen MR) is 147 cm³/mol. The molecule has 0 aliphatic rings. The molecule has 0 aliphatic carbocycles. The number of nitrogens with zero attached hydrogens (tertiary/aromatic N) is 2. The summed E-state index contributed by atoms with van der Waals surface area (Å²) in [6, 6.07) is 20.9. The molecule has 0 spiro atoms. The lowest BCUT2D eigenvalue weighted by Gasteiger charge is -2.11. The van der Waals surface area contributed by atoms with Gasteiger partial charge < -0.3 is 30.4 Å². The number of nitrogens with one attached hydrogen (secondary N) is 4. The number of aromatic amines is 2. The van der Waals surface area contributed by atoms with Gasteiger partial charge in [-0.2, -0.15) is 0 Å². The van der Waals surface area contributed by atoms with Gasteiger partial charge in [-0.3, -0.25) is 0 Å². The average molecular weight is 527 g/mol. The third-order valence-corrected chi connectivity index (χ3v) is 6.54. The van der Waals surface area contributed by atoms with Crippen LogP contribution in [0.3, 0.4) is 0 Å². The molecule has 0 radical (unpaired) electrons. The lowest BCUT2D eigenvalue weighted by atomic mass is 10.0. The van der Waals surface area contributed by atoms with E-state index in [2.05, 4.69) is 48.8 Å². The summed E-state index contributed by atoms with van der Waals surface area (Å²) in [7, 11) is 0. The van der Waals surface area contributed by atoms with Crippen LogP contribution in [-0.4, -0.2) is 37.2 Å². The van der Waals surface area contributed by atoms with Crippen LogP contribution in [0.15, 0.2) is 66.7 Å². The summed E-state index contributed by atoms with van der Waals surface area (Å²) in [5.74, 6) is 1.24. The van der Waals surface area contributed by atoms with Crippen molar-refractivity contribution in [1.82, 2.24) is 30.6 Å². The molecule has 2 heterocycles. The number of carbonyl (C=O) groups excluding carboxylic acids is 1. The molecule has 10 nitrogen and oxygen atoms in total. The van der Waals surface area contributed by atoms with E-state index in [9.17, 15) is 9.59 Å². The molecule has 200 valence electrons. The number of benzene rings is 3. The lowest BCUT2D eigenvalue weighted by Crippen LogP contribution is -2.27. The molecule has 2 aromatic heterocycles. The van der Waals surface area contributed by atoms with Crippen LogP contribution in [0, 0.1) is 0 Å². The quantitative estimate of drug-likeness (QED) is 0.170. The van der Waals surface area contributed by atoms with Crippen molar-refractivity contribution in [3.8, 4) is 0 Å². The molecule has 10 heteroatoms. The van der Waals surface area contributed by atoms with Gasteiger partial charge >= 0.3 is 12.2 Å². The largest absolute Gasteiger partial charge is 0.465 e. The zero-order chi connectivity index (χ0) is 27.4. The van der Waals surface area contributed by atoms with E-state index in [0.29, 0.717) is 11.6 Å². The van der Waals surface area contributed by atoms with Gasteiger partial charge in [-0.25, -0.2) is 19.6 Å². The second-order valence-corrected chi connectivity index (χ2v) is 9.55. The summed E-state index contributed by atoms with van der Waals surface area (Å²) in [5, 5.41) is 14.2. The molecule has 5 N–H and O–H groups in total. The van der Waals surface area contributed by atoms with Gasteiger partial charge in [0.05, 0.1) is 34.2 Å². The predicted octanol–water partition coefficient (Wildman–Crippen LogP) is 5.54. The van der Waals surface area contributed by atoms with Gasteiger partial charge in [0.15, 0.2) is 0 Å². The Hall–Kier alpha value is -4.86. The number of carbonyl (C=O) groups is 2. The van der Waals surface area contributed by atoms with Crippen molar-refractivity contribution in [2.75, 3.05) is 0 Å². The topological polar surface area (TPSA) is 145 Å².